The van der Waals surface area contributed by atoms with Crippen LogP contribution in [0.4, 0.5) is 15.8 Å². The zero-order chi connectivity index (χ0) is 14.9. The van der Waals surface area contributed by atoms with Crippen molar-refractivity contribution < 1.29 is 9.18 Å². The zero-order valence-electron chi connectivity index (χ0n) is 11.0. The van der Waals surface area contributed by atoms with Gasteiger partial charge in [0.25, 0.3) is 5.91 Å². The Balaban J connectivity index is 2.24. The number of carbonyl (C=O) groups excluding carboxylic acids is 1. The number of aromatic nitrogens is 2. The Morgan fingerprint density at radius 1 is 1.50 bits per heavy atom. The fourth-order valence-corrected chi connectivity index (χ4v) is 1.91. The van der Waals surface area contributed by atoms with Gasteiger partial charge < -0.3 is 11.1 Å². The van der Waals surface area contributed by atoms with Crippen LogP contribution in [0.5, 0.6) is 0 Å². The maximum absolute atomic E-state index is 13.6. The van der Waals surface area contributed by atoms with E-state index in [-0.39, 0.29) is 28.0 Å². The molecule has 2 rings (SSSR count). The average Bonchev–Trinajstić information content (AvgIpc) is 2.74. The van der Waals surface area contributed by atoms with Crippen molar-refractivity contribution in [1.29, 1.82) is 0 Å². The minimum atomic E-state index is -0.621. The fourth-order valence-electron chi connectivity index (χ4n) is 1.75. The van der Waals surface area contributed by atoms with E-state index in [1.165, 1.54) is 12.1 Å². The van der Waals surface area contributed by atoms with Crippen molar-refractivity contribution in [3.05, 3.63) is 40.4 Å². The molecule has 1 aromatic heterocycles. The Morgan fingerprint density at radius 3 is 2.75 bits per heavy atom. The van der Waals surface area contributed by atoms with Gasteiger partial charge in [0.2, 0.25) is 0 Å². The lowest BCUT2D eigenvalue weighted by molar-refractivity contribution is 0.102. The highest BCUT2D eigenvalue weighted by Crippen LogP contribution is 2.24. The molecule has 7 heteroatoms. The lowest BCUT2D eigenvalue weighted by atomic mass is 10.1. The molecule has 5 nitrogen and oxygen atoms in total. The Morgan fingerprint density at radius 2 is 2.20 bits per heavy atom. The van der Waals surface area contributed by atoms with Crippen LogP contribution in [0.3, 0.4) is 0 Å². The lowest BCUT2D eigenvalue weighted by Crippen LogP contribution is -2.15. The standard InChI is InChI=1S/C13H14ClFN4O/c1-6(2)11-10(16)12(19-18-11)13(20)17-9-4-3-7(14)5-8(9)15/h3-6H,16H2,1-2H3,(H,17,20)(H,18,19). The first kappa shape index (κ1) is 14.3. The van der Waals surface area contributed by atoms with Gasteiger partial charge in [-0.15, -0.1) is 0 Å². The molecule has 4 N–H and O–H groups in total. The molecule has 0 bridgehead atoms. The van der Waals surface area contributed by atoms with Crippen molar-refractivity contribution in [3.63, 3.8) is 0 Å². The van der Waals surface area contributed by atoms with Crippen molar-refractivity contribution in [2.45, 2.75) is 19.8 Å². The summed E-state index contributed by atoms with van der Waals surface area (Å²) in [6.07, 6.45) is 0. The summed E-state index contributed by atoms with van der Waals surface area (Å²) in [4.78, 5) is 12.0. The van der Waals surface area contributed by atoms with E-state index in [1.807, 2.05) is 13.8 Å². The maximum atomic E-state index is 13.6. The van der Waals surface area contributed by atoms with Crippen LogP contribution < -0.4 is 11.1 Å². The number of amides is 1. The number of nitrogens with zero attached hydrogens (tertiary/aromatic N) is 1. The number of carbonyl (C=O) groups is 1. The second-order valence-corrected chi connectivity index (χ2v) is 5.07. The van der Waals surface area contributed by atoms with Crippen LogP contribution in [0.15, 0.2) is 18.2 Å². The third kappa shape index (κ3) is 2.75. The van der Waals surface area contributed by atoms with E-state index in [4.69, 9.17) is 17.3 Å². The SMILES string of the molecule is CC(C)c1[nH]nc(C(=O)Nc2ccc(Cl)cc2F)c1N. The number of aromatic amines is 1. The summed E-state index contributed by atoms with van der Waals surface area (Å²) in [7, 11) is 0. The smallest absolute Gasteiger partial charge is 0.278 e. The summed E-state index contributed by atoms with van der Waals surface area (Å²) >= 11 is 5.64. The number of hydrogen-bond donors (Lipinski definition) is 3. The first-order valence-electron chi connectivity index (χ1n) is 6.00. The van der Waals surface area contributed by atoms with Gasteiger partial charge in [-0.3, -0.25) is 9.89 Å². The number of anilines is 2. The van der Waals surface area contributed by atoms with Gasteiger partial charge in [0.1, 0.15) is 5.82 Å². The Hall–Kier alpha value is -2.08. The van der Waals surface area contributed by atoms with E-state index in [0.29, 0.717) is 5.69 Å². The van der Waals surface area contributed by atoms with Crippen molar-refractivity contribution in [2.75, 3.05) is 11.1 Å². The largest absolute Gasteiger partial charge is 0.395 e. The summed E-state index contributed by atoms with van der Waals surface area (Å²) in [5.41, 5.74) is 6.86. The molecular weight excluding hydrogens is 283 g/mol. The molecule has 20 heavy (non-hydrogen) atoms. The molecule has 0 radical (unpaired) electrons. The fraction of sp³-hybridized carbons (Fsp3) is 0.231. The third-order valence-electron chi connectivity index (χ3n) is 2.81. The minimum Gasteiger partial charge on any atom is -0.395 e. The summed E-state index contributed by atoms with van der Waals surface area (Å²) in [5.74, 6) is -1.09. The van der Waals surface area contributed by atoms with E-state index in [1.54, 1.807) is 0 Å². The van der Waals surface area contributed by atoms with Crippen LogP contribution in [0, 0.1) is 5.82 Å². The highest BCUT2D eigenvalue weighted by molar-refractivity contribution is 6.30. The molecule has 0 spiro atoms. The normalized spacial score (nSPS) is 10.8. The number of nitrogens with two attached hydrogens (primary N) is 1. The van der Waals surface area contributed by atoms with Gasteiger partial charge in [-0.2, -0.15) is 5.10 Å². The first-order valence-corrected chi connectivity index (χ1v) is 6.38. The third-order valence-corrected chi connectivity index (χ3v) is 3.04. The van der Waals surface area contributed by atoms with Gasteiger partial charge in [0.15, 0.2) is 5.69 Å². The van der Waals surface area contributed by atoms with E-state index in [9.17, 15) is 9.18 Å². The molecule has 0 saturated heterocycles. The van der Waals surface area contributed by atoms with Crippen LogP contribution in [0.25, 0.3) is 0 Å². The van der Waals surface area contributed by atoms with Gasteiger partial charge in [0, 0.05) is 5.02 Å². The summed E-state index contributed by atoms with van der Waals surface area (Å²) in [6, 6.07) is 3.97. The average molecular weight is 297 g/mol. The molecule has 0 aliphatic carbocycles. The highest BCUT2D eigenvalue weighted by Gasteiger charge is 2.19. The molecule has 2 aromatic rings. The topological polar surface area (TPSA) is 83.8 Å². The number of benzene rings is 1. The zero-order valence-corrected chi connectivity index (χ0v) is 11.8. The summed E-state index contributed by atoms with van der Waals surface area (Å²) in [5, 5.41) is 9.25. The second-order valence-electron chi connectivity index (χ2n) is 4.63. The summed E-state index contributed by atoms with van der Waals surface area (Å²) < 4.78 is 13.6. The van der Waals surface area contributed by atoms with E-state index in [0.717, 1.165) is 6.07 Å². The molecule has 1 aromatic carbocycles. The van der Waals surface area contributed by atoms with Gasteiger partial charge in [-0.1, -0.05) is 25.4 Å². The molecule has 0 aliphatic rings. The second kappa shape index (κ2) is 5.50. The molecule has 1 amide bonds. The summed E-state index contributed by atoms with van der Waals surface area (Å²) in [6.45, 7) is 3.84. The van der Waals surface area contributed by atoms with Gasteiger partial charge in [0.05, 0.1) is 17.1 Å². The van der Waals surface area contributed by atoms with Crippen LogP contribution in [-0.4, -0.2) is 16.1 Å². The van der Waals surface area contributed by atoms with Crippen LogP contribution in [0.1, 0.15) is 35.9 Å². The quantitative estimate of drug-likeness (QED) is 0.813. The van der Waals surface area contributed by atoms with E-state index >= 15 is 0 Å². The molecule has 0 unspecified atom stereocenters. The van der Waals surface area contributed by atoms with Crippen LogP contribution in [0.2, 0.25) is 5.02 Å². The number of halogens is 2. The van der Waals surface area contributed by atoms with Crippen molar-refractivity contribution in [3.8, 4) is 0 Å². The lowest BCUT2D eigenvalue weighted by Gasteiger charge is -2.06. The van der Waals surface area contributed by atoms with Crippen molar-refractivity contribution in [1.82, 2.24) is 10.2 Å². The molecular formula is C13H14ClFN4O. The minimum absolute atomic E-state index is 0.0212. The highest BCUT2D eigenvalue weighted by atomic mass is 35.5. The maximum Gasteiger partial charge on any atom is 0.278 e. The van der Waals surface area contributed by atoms with Crippen LogP contribution in [-0.2, 0) is 0 Å². The molecule has 0 atom stereocenters. The monoisotopic (exact) mass is 296 g/mol. The molecule has 0 saturated carbocycles. The van der Waals surface area contributed by atoms with Crippen molar-refractivity contribution >= 4 is 28.9 Å². The van der Waals surface area contributed by atoms with E-state index in [2.05, 4.69) is 15.5 Å². The number of nitrogens with one attached hydrogen (secondary N) is 2. The Labute approximate surface area is 120 Å². The predicted molar refractivity (Wildman–Crippen MR) is 76.5 cm³/mol. The van der Waals surface area contributed by atoms with Gasteiger partial charge in [-0.05, 0) is 24.1 Å². The number of nitrogen functional groups attached to an aromatic ring is 1. The van der Waals surface area contributed by atoms with Crippen LogP contribution >= 0.6 is 11.6 Å². The van der Waals surface area contributed by atoms with Gasteiger partial charge in [-0.25, -0.2) is 4.39 Å². The number of hydrogen-bond acceptors (Lipinski definition) is 3. The number of rotatable bonds is 3. The first-order chi connectivity index (χ1) is 9.40. The number of H-pyrrole nitrogens is 1. The molecule has 0 fully saturated rings. The predicted octanol–water partition coefficient (Wildman–Crippen LogP) is 3.16. The Bertz CT molecular complexity index is 654. The molecule has 1 heterocycles. The Kier molecular flexibility index (Phi) is 3.94. The molecule has 0 aliphatic heterocycles. The van der Waals surface area contributed by atoms with Crippen molar-refractivity contribution in [2.24, 2.45) is 0 Å². The van der Waals surface area contributed by atoms with Gasteiger partial charge >= 0.3 is 0 Å². The van der Waals surface area contributed by atoms with E-state index < -0.39 is 11.7 Å². The molecule has 106 valence electrons.